The molecule has 1 aromatic rings. The third-order valence-corrected chi connectivity index (χ3v) is 3.47. The second kappa shape index (κ2) is 4.80. The molecule has 1 saturated carbocycles. The van der Waals surface area contributed by atoms with Gasteiger partial charge in [-0.1, -0.05) is 50.6 Å². The van der Waals surface area contributed by atoms with E-state index in [1.165, 1.54) is 24.8 Å². The molecule has 0 aromatic heterocycles. The summed E-state index contributed by atoms with van der Waals surface area (Å²) in [5, 5.41) is 3.76. The van der Waals surface area contributed by atoms with E-state index in [0.717, 1.165) is 12.0 Å². The zero-order valence-corrected chi connectivity index (χ0v) is 9.74. The van der Waals surface area contributed by atoms with Crippen molar-refractivity contribution in [1.29, 1.82) is 0 Å². The molecule has 3 atom stereocenters. The summed E-state index contributed by atoms with van der Waals surface area (Å²) in [5.74, 6) is 0.933. The first-order valence-corrected chi connectivity index (χ1v) is 6.16. The van der Waals surface area contributed by atoms with Crippen LogP contribution in [0.3, 0.4) is 0 Å². The van der Waals surface area contributed by atoms with Crippen LogP contribution in [0.4, 0.5) is 0 Å². The number of hydrogen-bond acceptors (Lipinski definition) is 1. The SMILES string of the molecule is CCC(NC1CC1CC)c1ccccc1. The first-order valence-electron chi connectivity index (χ1n) is 6.16. The lowest BCUT2D eigenvalue weighted by molar-refractivity contribution is 0.494. The summed E-state index contributed by atoms with van der Waals surface area (Å²) in [6, 6.07) is 12.1. The zero-order valence-electron chi connectivity index (χ0n) is 9.74. The van der Waals surface area contributed by atoms with E-state index in [1.54, 1.807) is 0 Å². The van der Waals surface area contributed by atoms with Gasteiger partial charge in [0.15, 0.2) is 0 Å². The molecule has 82 valence electrons. The van der Waals surface area contributed by atoms with Crippen molar-refractivity contribution in [3.8, 4) is 0 Å². The van der Waals surface area contributed by atoms with Crippen molar-refractivity contribution in [2.45, 2.75) is 45.2 Å². The highest BCUT2D eigenvalue weighted by Gasteiger charge is 2.36. The second-order valence-electron chi connectivity index (χ2n) is 4.55. The van der Waals surface area contributed by atoms with Gasteiger partial charge in [-0.25, -0.2) is 0 Å². The summed E-state index contributed by atoms with van der Waals surface area (Å²) in [4.78, 5) is 0. The largest absolute Gasteiger partial charge is 0.307 e. The number of nitrogens with one attached hydrogen (secondary N) is 1. The lowest BCUT2D eigenvalue weighted by atomic mass is 10.0. The third-order valence-electron chi connectivity index (χ3n) is 3.47. The van der Waals surface area contributed by atoms with Gasteiger partial charge in [-0.3, -0.25) is 0 Å². The zero-order chi connectivity index (χ0) is 10.7. The molecule has 0 saturated heterocycles. The summed E-state index contributed by atoms with van der Waals surface area (Å²) in [6.07, 6.45) is 3.87. The Balaban J connectivity index is 1.94. The molecular formula is C14H21N. The minimum absolute atomic E-state index is 0.549. The van der Waals surface area contributed by atoms with Gasteiger partial charge in [-0.2, -0.15) is 0 Å². The van der Waals surface area contributed by atoms with Crippen LogP contribution in [-0.2, 0) is 0 Å². The van der Waals surface area contributed by atoms with Gasteiger partial charge in [0, 0.05) is 12.1 Å². The predicted octanol–water partition coefficient (Wildman–Crippen LogP) is 3.53. The van der Waals surface area contributed by atoms with Gasteiger partial charge in [0.25, 0.3) is 0 Å². The van der Waals surface area contributed by atoms with E-state index in [1.807, 2.05) is 0 Å². The average Bonchev–Trinajstić information content (AvgIpc) is 3.05. The molecule has 15 heavy (non-hydrogen) atoms. The van der Waals surface area contributed by atoms with Crippen molar-refractivity contribution in [2.75, 3.05) is 0 Å². The van der Waals surface area contributed by atoms with Crippen molar-refractivity contribution >= 4 is 0 Å². The van der Waals surface area contributed by atoms with Crippen LogP contribution >= 0.6 is 0 Å². The molecule has 0 aliphatic heterocycles. The second-order valence-corrected chi connectivity index (χ2v) is 4.55. The van der Waals surface area contributed by atoms with Gasteiger partial charge in [-0.05, 0) is 24.3 Å². The molecule has 1 nitrogen and oxygen atoms in total. The van der Waals surface area contributed by atoms with E-state index < -0.39 is 0 Å². The highest BCUT2D eigenvalue weighted by Crippen LogP contribution is 2.35. The molecule has 0 radical (unpaired) electrons. The highest BCUT2D eigenvalue weighted by molar-refractivity contribution is 5.19. The fourth-order valence-corrected chi connectivity index (χ4v) is 2.30. The quantitative estimate of drug-likeness (QED) is 0.772. The molecule has 3 unspecified atom stereocenters. The maximum atomic E-state index is 3.76. The van der Waals surface area contributed by atoms with Crippen LogP contribution in [-0.4, -0.2) is 6.04 Å². The van der Waals surface area contributed by atoms with Crippen LogP contribution in [0.2, 0.25) is 0 Å². The van der Waals surface area contributed by atoms with Gasteiger partial charge in [-0.15, -0.1) is 0 Å². The Morgan fingerprint density at radius 1 is 1.27 bits per heavy atom. The molecule has 0 spiro atoms. The van der Waals surface area contributed by atoms with Crippen LogP contribution in [0.1, 0.15) is 44.7 Å². The molecule has 1 aliphatic rings. The summed E-state index contributed by atoms with van der Waals surface area (Å²) < 4.78 is 0. The van der Waals surface area contributed by atoms with Crippen LogP contribution < -0.4 is 5.32 Å². The maximum absolute atomic E-state index is 3.76. The molecule has 1 aliphatic carbocycles. The lowest BCUT2D eigenvalue weighted by Gasteiger charge is -2.17. The Hall–Kier alpha value is -0.820. The van der Waals surface area contributed by atoms with Crippen LogP contribution in [0.15, 0.2) is 30.3 Å². The monoisotopic (exact) mass is 203 g/mol. The molecule has 1 heteroatoms. The summed E-state index contributed by atoms with van der Waals surface area (Å²) in [6.45, 7) is 4.55. The van der Waals surface area contributed by atoms with E-state index >= 15 is 0 Å². The highest BCUT2D eigenvalue weighted by atomic mass is 15.0. The summed E-state index contributed by atoms with van der Waals surface area (Å²) in [7, 11) is 0. The van der Waals surface area contributed by atoms with E-state index in [2.05, 4.69) is 49.5 Å². The first kappa shape index (κ1) is 10.7. The molecule has 0 amide bonds. The average molecular weight is 203 g/mol. The molecule has 1 N–H and O–H groups in total. The molecule has 0 heterocycles. The minimum Gasteiger partial charge on any atom is -0.307 e. The topological polar surface area (TPSA) is 12.0 Å². The Bertz CT molecular complexity index is 293. The molecule has 1 fully saturated rings. The standard InChI is InChI=1S/C14H21N/c1-3-11-10-14(11)15-13(4-2)12-8-6-5-7-9-12/h5-9,11,13-15H,3-4,10H2,1-2H3. The summed E-state index contributed by atoms with van der Waals surface area (Å²) in [5.41, 5.74) is 1.43. The lowest BCUT2D eigenvalue weighted by Crippen LogP contribution is -2.24. The fourth-order valence-electron chi connectivity index (χ4n) is 2.30. The van der Waals surface area contributed by atoms with Gasteiger partial charge >= 0.3 is 0 Å². The minimum atomic E-state index is 0.549. The smallest absolute Gasteiger partial charge is 0.0320 e. The predicted molar refractivity (Wildman–Crippen MR) is 64.8 cm³/mol. The van der Waals surface area contributed by atoms with Crippen LogP contribution in [0, 0.1) is 5.92 Å². The number of rotatable bonds is 5. The van der Waals surface area contributed by atoms with Crippen molar-refractivity contribution in [1.82, 2.24) is 5.32 Å². The van der Waals surface area contributed by atoms with Crippen LogP contribution in [0.25, 0.3) is 0 Å². The Kier molecular flexibility index (Phi) is 3.42. The number of benzene rings is 1. The van der Waals surface area contributed by atoms with Gasteiger partial charge < -0.3 is 5.32 Å². The Morgan fingerprint density at radius 3 is 2.53 bits per heavy atom. The van der Waals surface area contributed by atoms with E-state index in [-0.39, 0.29) is 0 Å². The fraction of sp³-hybridized carbons (Fsp3) is 0.571. The maximum Gasteiger partial charge on any atom is 0.0320 e. The van der Waals surface area contributed by atoms with Crippen molar-refractivity contribution < 1.29 is 0 Å². The summed E-state index contributed by atoms with van der Waals surface area (Å²) >= 11 is 0. The Morgan fingerprint density at radius 2 is 2.00 bits per heavy atom. The van der Waals surface area contributed by atoms with Gasteiger partial charge in [0.2, 0.25) is 0 Å². The first-order chi connectivity index (χ1) is 7.35. The van der Waals surface area contributed by atoms with Crippen LogP contribution in [0.5, 0.6) is 0 Å². The molecule has 2 rings (SSSR count). The van der Waals surface area contributed by atoms with Crippen molar-refractivity contribution in [3.05, 3.63) is 35.9 Å². The molecular weight excluding hydrogens is 182 g/mol. The van der Waals surface area contributed by atoms with E-state index in [0.29, 0.717) is 6.04 Å². The van der Waals surface area contributed by atoms with Gasteiger partial charge in [0.05, 0.1) is 0 Å². The van der Waals surface area contributed by atoms with Gasteiger partial charge in [0.1, 0.15) is 0 Å². The van der Waals surface area contributed by atoms with Crippen molar-refractivity contribution in [2.24, 2.45) is 5.92 Å². The molecule has 1 aromatic carbocycles. The molecule has 0 bridgehead atoms. The normalized spacial score (nSPS) is 26.3. The third kappa shape index (κ3) is 2.60. The van der Waals surface area contributed by atoms with Crippen molar-refractivity contribution in [3.63, 3.8) is 0 Å². The number of hydrogen-bond donors (Lipinski definition) is 1. The van der Waals surface area contributed by atoms with E-state index in [4.69, 9.17) is 0 Å². The van der Waals surface area contributed by atoms with E-state index in [9.17, 15) is 0 Å². The Labute approximate surface area is 92.9 Å².